The van der Waals surface area contributed by atoms with E-state index >= 15 is 0 Å². The third kappa shape index (κ3) is 13.5. The quantitative estimate of drug-likeness (QED) is 0.146. The summed E-state index contributed by atoms with van der Waals surface area (Å²) >= 11 is 11.6. The maximum Gasteiger partial charge on any atom is 0.227 e. The van der Waals surface area contributed by atoms with Gasteiger partial charge in [0.05, 0.1) is 11.2 Å². The number of aromatic nitrogens is 6. The van der Waals surface area contributed by atoms with Gasteiger partial charge in [0.1, 0.15) is 41.3 Å². The van der Waals surface area contributed by atoms with E-state index in [1.807, 2.05) is 158 Å². The van der Waals surface area contributed by atoms with Gasteiger partial charge in [-0.15, -0.1) is 0 Å². The largest absolute Gasteiger partial charge is 0.456 e. The molecule has 15 aromatic rings. The van der Waals surface area contributed by atoms with Crippen LogP contribution in [-0.2, 0) is 32.7 Å². The molecule has 5 heterocycles. The van der Waals surface area contributed by atoms with Gasteiger partial charge in [-0.2, -0.15) is 15.0 Å². The first-order valence-electron chi connectivity index (χ1n) is 27.7. The van der Waals surface area contributed by atoms with Gasteiger partial charge in [-0.25, -0.2) is 15.0 Å². The monoisotopic (exact) mass is 1250 g/mol. The van der Waals surface area contributed by atoms with Crippen LogP contribution in [0.4, 0.5) is 0 Å². The van der Waals surface area contributed by atoms with E-state index in [1.165, 1.54) is 0 Å². The molecular formula is C72H53BCl2N6O5Y. The molecule has 0 spiro atoms. The second-order valence-corrected chi connectivity index (χ2v) is 22.2. The number of rotatable bonds is 7. The molecule has 0 aliphatic heterocycles. The number of hydrogen-bond acceptors (Lipinski definition) is 11. The van der Waals surface area contributed by atoms with Crippen LogP contribution in [0.5, 0.6) is 0 Å². The fraction of sp³-hybridized carbons (Fsp3) is 0.0833. The summed E-state index contributed by atoms with van der Waals surface area (Å²) in [6.45, 7) is 6.31. The van der Waals surface area contributed by atoms with Gasteiger partial charge in [-0.1, -0.05) is 194 Å². The Balaban J connectivity index is 0.000000149. The van der Waals surface area contributed by atoms with Gasteiger partial charge in [-0.05, 0) is 122 Å². The van der Waals surface area contributed by atoms with E-state index in [-0.39, 0.29) is 43.3 Å². The van der Waals surface area contributed by atoms with Crippen molar-refractivity contribution in [3.8, 4) is 67.8 Å². The van der Waals surface area contributed by atoms with Crippen molar-refractivity contribution in [2.45, 2.75) is 38.9 Å². The first-order valence-corrected chi connectivity index (χ1v) is 28.4. The Kier molecular flexibility index (Phi) is 17.7. The summed E-state index contributed by atoms with van der Waals surface area (Å²) in [5.74, 6) is 2.21. The predicted molar refractivity (Wildman–Crippen MR) is 349 cm³/mol. The molecule has 0 unspecified atom stereocenters. The number of fused-ring (bicyclic) bond motifs is 9. The molecule has 0 amide bonds. The fourth-order valence-electron chi connectivity index (χ4n) is 9.58. The minimum atomic E-state index is -1.01. The van der Waals surface area contributed by atoms with Crippen LogP contribution >= 0.6 is 23.2 Å². The second-order valence-electron chi connectivity index (χ2n) is 21.5. The van der Waals surface area contributed by atoms with E-state index in [0.717, 1.165) is 116 Å². The molecule has 87 heavy (non-hydrogen) atoms. The molecule has 5 aromatic heterocycles. The normalized spacial score (nSPS) is 11.4. The molecular weight excluding hydrogens is 1200 g/mol. The van der Waals surface area contributed by atoms with Crippen molar-refractivity contribution in [3.63, 3.8) is 0 Å². The first kappa shape index (κ1) is 60.0. The molecule has 0 saturated heterocycles. The third-order valence-electron chi connectivity index (χ3n) is 14.9. The van der Waals surface area contributed by atoms with E-state index in [0.29, 0.717) is 23.3 Å². The van der Waals surface area contributed by atoms with Crippen molar-refractivity contribution in [1.29, 1.82) is 0 Å². The van der Waals surface area contributed by atoms with E-state index in [2.05, 4.69) is 93.8 Å². The Morgan fingerprint density at radius 3 is 0.954 bits per heavy atom. The number of benzene rings is 10. The number of aliphatic hydroxyl groups is 2. The Hall–Kier alpha value is -8.71. The number of nitrogens with zero attached hydrogens (tertiary/aromatic N) is 6. The van der Waals surface area contributed by atoms with Crippen molar-refractivity contribution in [3.05, 3.63) is 247 Å². The standard InChI is InChI=1S/C39H23N3O2.C15H9Cl2N3.C12H7BO.C6H14O2.Y/c1-2-8-24(9-3-1)25-14-16-26(17-15-25)37-40-38(27-18-20-31-29-10-4-6-12-33(29)43-35(31)22-27)42-39(41-37)28-19-21-32-30-11-5-7-13-34(30)44-36(32)23-28;16-14-18-13(19-15(17)20-14)12-8-6-11(7-9-12)10-4-2-1-3-5-10;13-8-5-6-10-9-3-1-2-4-11(9)14-12(10)7-8;1-5(2,7)6(3,4)8;/h1-23H;1-9H;1-7H;7-8H,1-4H3;. The topological polar surface area (TPSA) is 157 Å². The van der Waals surface area contributed by atoms with Crippen LogP contribution in [0.2, 0.25) is 10.6 Å². The molecule has 2 N–H and O–H groups in total. The number of hydrogen-bond donors (Lipinski definition) is 2. The average Bonchev–Trinajstić information content (AvgIpc) is 1.98. The van der Waals surface area contributed by atoms with Crippen molar-refractivity contribution < 1.29 is 56.2 Å². The number of furan rings is 3. The zero-order valence-corrected chi connectivity index (χ0v) is 52.1. The molecule has 15 rings (SSSR count). The van der Waals surface area contributed by atoms with Crippen LogP contribution in [0.1, 0.15) is 27.7 Å². The van der Waals surface area contributed by atoms with E-state index in [4.69, 9.17) is 69.5 Å². The zero-order chi connectivity index (χ0) is 59.5. The van der Waals surface area contributed by atoms with E-state index in [9.17, 15) is 0 Å². The summed E-state index contributed by atoms with van der Waals surface area (Å²) in [5.41, 5.74) is 11.8. The summed E-state index contributed by atoms with van der Waals surface area (Å²) in [6, 6.07) is 78.9. The molecule has 0 aliphatic rings. The van der Waals surface area contributed by atoms with Crippen molar-refractivity contribution in [2.75, 3.05) is 0 Å². The molecule has 0 aliphatic carbocycles. The van der Waals surface area contributed by atoms with E-state index < -0.39 is 11.2 Å². The third-order valence-corrected chi connectivity index (χ3v) is 15.2. The van der Waals surface area contributed by atoms with Crippen molar-refractivity contribution >= 4 is 102 Å². The minimum Gasteiger partial charge on any atom is -0.456 e. The Morgan fingerprint density at radius 1 is 0.299 bits per heavy atom. The van der Waals surface area contributed by atoms with Crippen molar-refractivity contribution in [2.24, 2.45) is 0 Å². The van der Waals surface area contributed by atoms with Gasteiger partial charge in [0.15, 0.2) is 23.3 Å². The van der Waals surface area contributed by atoms with E-state index in [1.54, 1.807) is 27.7 Å². The molecule has 0 fully saturated rings. The van der Waals surface area contributed by atoms with Crippen LogP contribution in [0.3, 0.4) is 0 Å². The average molecular weight is 1250 g/mol. The summed E-state index contributed by atoms with van der Waals surface area (Å²) < 4.78 is 18.0. The Bertz CT molecular complexity index is 4730. The maximum absolute atomic E-state index is 9.10. The zero-order valence-electron chi connectivity index (χ0n) is 47.7. The van der Waals surface area contributed by atoms with Crippen LogP contribution in [0.15, 0.2) is 250 Å². The number of para-hydroxylation sites is 3. The predicted octanol–water partition coefficient (Wildman–Crippen LogP) is 17.8. The molecule has 0 saturated carbocycles. The smallest absolute Gasteiger partial charge is 0.227 e. The van der Waals surface area contributed by atoms with Gasteiger partial charge in [0.25, 0.3) is 0 Å². The molecule has 3 radical (unpaired) electrons. The molecule has 0 bridgehead atoms. The Morgan fingerprint density at radius 2 is 0.575 bits per heavy atom. The minimum absolute atomic E-state index is 0. The Labute approximate surface area is 538 Å². The first-order chi connectivity index (χ1) is 41.6. The summed E-state index contributed by atoms with van der Waals surface area (Å²) in [4.78, 5) is 26.8. The van der Waals surface area contributed by atoms with Crippen LogP contribution in [0, 0.1) is 0 Å². The van der Waals surface area contributed by atoms with Gasteiger partial charge in [-0.3, -0.25) is 0 Å². The molecule has 15 heteroatoms. The molecule has 10 aromatic carbocycles. The fourth-order valence-corrected chi connectivity index (χ4v) is 9.94. The SMILES string of the molecule is CC(C)(O)C(C)(C)O.Clc1nc(Cl)nc(-c2ccc(-c3ccccc3)cc2)n1.[B]c1ccc2c(c1)oc1ccccc12.[Y].c1ccc(-c2ccc(-c3nc(-c4ccc5c(c4)oc4ccccc45)nc(-c4ccc5c(c4)oc4ccccc45)n3)cc2)cc1. The van der Waals surface area contributed by atoms with Gasteiger partial charge in [0, 0.05) is 87.3 Å². The van der Waals surface area contributed by atoms with Gasteiger partial charge < -0.3 is 23.5 Å². The second kappa shape index (κ2) is 25.7. The molecule has 11 nitrogen and oxygen atoms in total. The van der Waals surface area contributed by atoms with Crippen LogP contribution < -0.4 is 5.46 Å². The molecule has 0 atom stereocenters. The van der Waals surface area contributed by atoms with Crippen LogP contribution in [-0.4, -0.2) is 59.2 Å². The number of halogens is 2. The summed E-state index contributed by atoms with van der Waals surface area (Å²) in [6.07, 6.45) is 0. The summed E-state index contributed by atoms with van der Waals surface area (Å²) in [5, 5.41) is 24.9. The van der Waals surface area contributed by atoms with Gasteiger partial charge >= 0.3 is 0 Å². The van der Waals surface area contributed by atoms with Gasteiger partial charge in [0.2, 0.25) is 10.6 Å². The maximum atomic E-state index is 9.10. The van der Waals surface area contributed by atoms with Crippen molar-refractivity contribution in [1.82, 2.24) is 29.9 Å². The van der Waals surface area contributed by atoms with Crippen LogP contribution in [0.25, 0.3) is 134 Å². The summed E-state index contributed by atoms with van der Waals surface area (Å²) in [7, 11) is 5.69. The molecule has 421 valence electrons.